The molecule has 0 unspecified atom stereocenters. The molecule has 0 aromatic carbocycles. The molecule has 0 N–H and O–H groups in total. The molecule has 0 aliphatic heterocycles. The van der Waals surface area contributed by atoms with Crippen molar-refractivity contribution in [3.05, 3.63) is 13.8 Å². The van der Waals surface area contributed by atoms with Gasteiger partial charge in [0, 0.05) is 0 Å². The summed E-state index contributed by atoms with van der Waals surface area (Å²) in [6.07, 6.45) is 5.93. The molecule has 1 heteroatoms. The molecule has 0 bridgehead atoms. The maximum Gasteiger partial charge on any atom is 2.00 e. The van der Waals surface area contributed by atoms with Gasteiger partial charge < -0.3 is 13.8 Å². The molecule has 0 spiro atoms. The SMILES string of the molecule is [CH2-]CCC.[CH2-]CCCC.[Mg+2]. The summed E-state index contributed by atoms with van der Waals surface area (Å²) >= 11 is 0. The monoisotopic (exact) mass is 152 g/mol. The zero-order chi connectivity index (χ0) is 7.54. The average Bonchev–Trinajstić information content (AvgIpc) is 1.91. The maximum atomic E-state index is 3.68. The summed E-state index contributed by atoms with van der Waals surface area (Å²) < 4.78 is 0. The summed E-state index contributed by atoms with van der Waals surface area (Å²) in [4.78, 5) is 0. The average molecular weight is 153 g/mol. The second-order valence-electron chi connectivity index (χ2n) is 2.06. The molecular weight excluding hydrogens is 132 g/mol. The van der Waals surface area contributed by atoms with E-state index in [-0.39, 0.29) is 23.1 Å². The molecule has 0 radical (unpaired) electrons. The van der Waals surface area contributed by atoms with Crippen LogP contribution in [0.25, 0.3) is 0 Å². The van der Waals surface area contributed by atoms with Crippen LogP contribution >= 0.6 is 0 Å². The molecule has 0 nitrogen and oxygen atoms in total. The molecule has 0 rings (SSSR count). The molecular formula is C9H20Mg. The van der Waals surface area contributed by atoms with Crippen molar-refractivity contribution in [3.63, 3.8) is 0 Å². The Morgan fingerprint density at radius 1 is 0.900 bits per heavy atom. The number of rotatable bonds is 3. The van der Waals surface area contributed by atoms with Crippen LogP contribution in [0.1, 0.15) is 46.0 Å². The molecule has 0 aromatic heterocycles. The zero-order valence-corrected chi connectivity index (χ0v) is 9.07. The van der Waals surface area contributed by atoms with Crippen LogP contribution in [0, 0.1) is 13.8 Å². The standard InChI is InChI=1S/C5H11.C4H9.Mg/c1-3-5-4-2;1-3-4-2;/h1,3-5H2,2H3;1,3-4H2,2H3;/q2*-1;+2. The van der Waals surface area contributed by atoms with Gasteiger partial charge in [-0.1, -0.05) is 33.1 Å². The van der Waals surface area contributed by atoms with Crippen molar-refractivity contribution < 1.29 is 0 Å². The van der Waals surface area contributed by atoms with E-state index in [4.69, 9.17) is 0 Å². The van der Waals surface area contributed by atoms with E-state index in [2.05, 4.69) is 27.7 Å². The van der Waals surface area contributed by atoms with Crippen LogP contribution in [0.2, 0.25) is 0 Å². The summed E-state index contributed by atoms with van der Waals surface area (Å²) in [5.41, 5.74) is 0. The summed E-state index contributed by atoms with van der Waals surface area (Å²) in [6, 6.07) is 0. The molecule has 10 heavy (non-hydrogen) atoms. The molecule has 0 aromatic rings. The van der Waals surface area contributed by atoms with E-state index < -0.39 is 0 Å². The minimum atomic E-state index is 0. The van der Waals surface area contributed by atoms with Gasteiger partial charge in [-0.05, 0) is 0 Å². The summed E-state index contributed by atoms with van der Waals surface area (Å²) in [5, 5.41) is 0. The van der Waals surface area contributed by atoms with E-state index in [0.717, 1.165) is 12.8 Å². The predicted molar refractivity (Wildman–Crippen MR) is 50.9 cm³/mol. The molecule has 0 saturated heterocycles. The van der Waals surface area contributed by atoms with Gasteiger partial charge in [0.15, 0.2) is 0 Å². The van der Waals surface area contributed by atoms with E-state index in [1.807, 2.05) is 0 Å². The Hall–Kier alpha value is 0.766. The Labute approximate surface area is 82.9 Å². The molecule has 0 atom stereocenters. The van der Waals surface area contributed by atoms with Crippen molar-refractivity contribution in [1.82, 2.24) is 0 Å². The van der Waals surface area contributed by atoms with Crippen molar-refractivity contribution in [2.75, 3.05) is 0 Å². The van der Waals surface area contributed by atoms with Crippen molar-refractivity contribution in [1.29, 1.82) is 0 Å². The fourth-order valence-corrected chi connectivity index (χ4v) is 0.250. The van der Waals surface area contributed by atoms with E-state index in [0.29, 0.717) is 0 Å². The smallest absolute Gasteiger partial charge is 0.343 e. The minimum absolute atomic E-state index is 0. The van der Waals surface area contributed by atoms with Gasteiger partial charge in [0.25, 0.3) is 0 Å². The third kappa shape index (κ3) is 37.3. The Bertz CT molecular complexity index is 23.9. The molecule has 0 aliphatic carbocycles. The minimum Gasteiger partial charge on any atom is -0.343 e. The van der Waals surface area contributed by atoms with Crippen LogP contribution in [0.3, 0.4) is 0 Å². The van der Waals surface area contributed by atoms with E-state index in [1.165, 1.54) is 19.3 Å². The van der Waals surface area contributed by atoms with Crippen molar-refractivity contribution in [2.45, 2.75) is 46.0 Å². The Kier molecular flexibility index (Phi) is 38.4. The second-order valence-corrected chi connectivity index (χ2v) is 2.06. The first-order chi connectivity index (χ1) is 4.33. The topological polar surface area (TPSA) is 0 Å². The van der Waals surface area contributed by atoms with Crippen molar-refractivity contribution >= 4 is 23.1 Å². The molecule has 0 fully saturated rings. The first-order valence-electron chi connectivity index (χ1n) is 3.91. The van der Waals surface area contributed by atoms with Gasteiger partial charge in [-0.25, -0.2) is 0 Å². The van der Waals surface area contributed by atoms with Crippen LogP contribution in [0.5, 0.6) is 0 Å². The van der Waals surface area contributed by atoms with Gasteiger partial charge in [-0.15, -0.1) is 0 Å². The molecule has 0 heterocycles. The maximum absolute atomic E-state index is 3.68. The first kappa shape index (κ1) is 17.0. The molecule has 0 amide bonds. The van der Waals surface area contributed by atoms with E-state index >= 15 is 0 Å². The fourth-order valence-electron chi connectivity index (χ4n) is 0.250. The second kappa shape index (κ2) is 22.6. The van der Waals surface area contributed by atoms with Crippen LogP contribution in [-0.4, -0.2) is 23.1 Å². The van der Waals surface area contributed by atoms with Gasteiger partial charge in [-0.3, -0.25) is 0 Å². The number of unbranched alkanes of at least 4 members (excludes halogenated alkanes) is 3. The quantitative estimate of drug-likeness (QED) is 0.430. The van der Waals surface area contributed by atoms with E-state index in [1.54, 1.807) is 0 Å². The molecule has 0 aliphatic rings. The van der Waals surface area contributed by atoms with Gasteiger partial charge in [0.2, 0.25) is 0 Å². The summed E-state index contributed by atoms with van der Waals surface area (Å²) in [7, 11) is 0. The van der Waals surface area contributed by atoms with Gasteiger partial charge in [0.1, 0.15) is 0 Å². The first-order valence-corrected chi connectivity index (χ1v) is 3.91. The van der Waals surface area contributed by atoms with Gasteiger partial charge in [0.05, 0.1) is 0 Å². The van der Waals surface area contributed by atoms with Gasteiger partial charge >= 0.3 is 23.1 Å². The van der Waals surface area contributed by atoms with Crippen LogP contribution < -0.4 is 0 Å². The zero-order valence-electron chi connectivity index (χ0n) is 7.66. The normalized spacial score (nSPS) is 7.20. The van der Waals surface area contributed by atoms with Crippen molar-refractivity contribution in [3.8, 4) is 0 Å². The summed E-state index contributed by atoms with van der Waals surface area (Å²) in [6.45, 7) is 11.6. The number of hydrogen-bond acceptors (Lipinski definition) is 0. The fraction of sp³-hybridized carbons (Fsp3) is 0.778. The van der Waals surface area contributed by atoms with Crippen LogP contribution in [0.15, 0.2) is 0 Å². The molecule has 58 valence electrons. The Morgan fingerprint density at radius 3 is 1.30 bits per heavy atom. The Morgan fingerprint density at radius 2 is 1.30 bits per heavy atom. The third-order valence-electron chi connectivity index (χ3n) is 0.957. The largest absolute Gasteiger partial charge is 2.00 e. The molecule has 0 saturated carbocycles. The van der Waals surface area contributed by atoms with Crippen molar-refractivity contribution in [2.24, 2.45) is 0 Å². The number of hydrogen-bond donors (Lipinski definition) is 0. The van der Waals surface area contributed by atoms with E-state index in [9.17, 15) is 0 Å². The Balaban J connectivity index is -0.0000000910. The third-order valence-corrected chi connectivity index (χ3v) is 0.957. The predicted octanol–water partition coefficient (Wildman–Crippen LogP) is 3.25. The summed E-state index contributed by atoms with van der Waals surface area (Å²) in [5.74, 6) is 0. The van der Waals surface area contributed by atoms with Crippen LogP contribution in [0.4, 0.5) is 0 Å². The van der Waals surface area contributed by atoms with Crippen LogP contribution in [-0.2, 0) is 0 Å². The van der Waals surface area contributed by atoms with Gasteiger partial charge in [-0.2, -0.15) is 12.8 Å².